The van der Waals surface area contributed by atoms with Crippen LogP contribution in [0.4, 0.5) is 0 Å². The molecule has 0 aliphatic rings. The predicted molar refractivity (Wildman–Crippen MR) is 46.8 cm³/mol. The SMILES string of the molecule is CCCCCCC(=O)OCCO. The Balaban J connectivity index is 3.08. The van der Waals surface area contributed by atoms with Crippen molar-refractivity contribution in [3.05, 3.63) is 0 Å². The number of rotatable bonds is 7. The summed E-state index contributed by atoms with van der Waals surface area (Å²) < 4.78 is 4.68. The second-order valence-electron chi connectivity index (χ2n) is 2.75. The van der Waals surface area contributed by atoms with E-state index < -0.39 is 0 Å². The number of aliphatic hydroxyl groups is 1. The fourth-order valence-electron chi connectivity index (χ4n) is 0.928. The Kier molecular flexibility index (Phi) is 8.12. The van der Waals surface area contributed by atoms with E-state index in [0.717, 1.165) is 12.8 Å². The lowest BCUT2D eigenvalue weighted by Gasteiger charge is -2.01. The molecular formula is C9H18O3. The minimum atomic E-state index is -0.194. The maximum absolute atomic E-state index is 10.8. The van der Waals surface area contributed by atoms with E-state index in [1.807, 2.05) is 0 Å². The number of carbonyl (C=O) groups excluding carboxylic acids is 1. The molecule has 1 N–H and O–H groups in total. The van der Waals surface area contributed by atoms with Crippen LogP contribution in [0.15, 0.2) is 0 Å². The van der Waals surface area contributed by atoms with Gasteiger partial charge < -0.3 is 9.84 Å². The van der Waals surface area contributed by atoms with Crippen LogP contribution in [0.1, 0.15) is 39.0 Å². The zero-order chi connectivity index (χ0) is 9.23. The molecule has 0 heterocycles. The molecule has 0 amide bonds. The van der Waals surface area contributed by atoms with Crippen LogP contribution in [-0.4, -0.2) is 24.3 Å². The summed E-state index contributed by atoms with van der Waals surface area (Å²) in [5.74, 6) is -0.194. The maximum atomic E-state index is 10.8. The van der Waals surface area contributed by atoms with Crippen LogP contribution in [0.25, 0.3) is 0 Å². The molecule has 0 atom stereocenters. The van der Waals surface area contributed by atoms with E-state index in [4.69, 9.17) is 5.11 Å². The Morgan fingerprint density at radius 1 is 1.33 bits per heavy atom. The van der Waals surface area contributed by atoms with Crippen LogP contribution < -0.4 is 0 Å². The van der Waals surface area contributed by atoms with Crippen LogP contribution in [-0.2, 0) is 9.53 Å². The van der Waals surface area contributed by atoms with Crippen LogP contribution in [0.2, 0.25) is 0 Å². The first-order valence-corrected chi connectivity index (χ1v) is 4.57. The van der Waals surface area contributed by atoms with Gasteiger partial charge in [-0.2, -0.15) is 0 Å². The van der Waals surface area contributed by atoms with Crippen molar-refractivity contribution in [1.29, 1.82) is 0 Å². The average molecular weight is 174 g/mol. The van der Waals surface area contributed by atoms with Gasteiger partial charge in [0.1, 0.15) is 6.61 Å². The van der Waals surface area contributed by atoms with Crippen molar-refractivity contribution in [2.75, 3.05) is 13.2 Å². The molecule has 0 aliphatic carbocycles. The number of carbonyl (C=O) groups is 1. The van der Waals surface area contributed by atoms with Gasteiger partial charge in [-0.3, -0.25) is 4.79 Å². The lowest BCUT2D eigenvalue weighted by atomic mass is 10.2. The highest BCUT2D eigenvalue weighted by molar-refractivity contribution is 5.69. The van der Waals surface area contributed by atoms with Gasteiger partial charge in [0, 0.05) is 6.42 Å². The molecule has 0 aromatic heterocycles. The lowest BCUT2D eigenvalue weighted by molar-refractivity contribution is -0.144. The van der Waals surface area contributed by atoms with E-state index in [0.29, 0.717) is 6.42 Å². The van der Waals surface area contributed by atoms with Gasteiger partial charge in [-0.05, 0) is 6.42 Å². The molecule has 72 valence electrons. The fourth-order valence-corrected chi connectivity index (χ4v) is 0.928. The van der Waals surface area contributed by atoms with Gasteiger partial charge in [0.15, 0.2) is 0 Å². The van der Waals surface area contributed by atoms with Gasteiger partial charge in [-0.1, -0.05) is 26.2 Å². The summed E-state index contributed by atoms with van der Waals surface area (Å²) in [6.07, 6.45) is 4.82. The van der Waals surface area contributed by atoms with E-state index in [2.05, 4.69) is 11.7 Å². The maximum Gasteiger partial charge on any atom is 0.305 e. The summed E-state index contributed by atoms with van der Waals surface area (Å²) in [5, 5.41) is 8.35. The smallest absolute Gasteiger partial charge is 0.305 e. The summed E-state index contributed by atoms with van der Waals surface area (Å²) in [5.41, 5.74) is 0. The zero-order valence-electron chi connectivity index (χ0n) is 7.71. The molecule has 0 saturated heterocycles. The van der Waals surface area contributed by atoms with Gasteiger partial charge in [0.25, 0.3) is 0 Å². The zero-order valence-corrected chi connectivity index (χ0v) is 7.71. The van der Waals surface area contributed by atoms with Crippen LogP contribution in [0.5, 0.6) is 0 Å². The second-order valence-corrected chi connectivity index (χ2v) is 2.75. The normalized spacial score (nSPS) is 9.83. The van der Waals surface area contributed by atoms with Gasteiger partial charge in [0.05, 0.1) is 6.61 Å². The molecule has 3 nitrogen and oxygen atoms in total. The first-order valence-electron chi connectivity index (χ1n) is 4.57. The van der Waals surface area contributed by atoms with E-state index in [9.17, 15) is 4.79 Å². The van der Waals surface area contributed by atoms with Gasteiger partial charge in [-0.15, -0.1) is 0 Å². The van der Waals surface area contributed by atoms with E-state index in [-0.39, 0.29) is 19.2 Å². The molecule has 0 bridgehead atoms. The topological polar surface area (TPSA) is 46.5 Å². The molecule has 0 unspecified atom stereocenters. The first kappa shape index (κ1) is 11.4. The summed E-state index contributed by atoms with van der Waals surface area (Å²) in [6, 6.07) is 0. The fraction of sp³-hybridized carbons (Fsp3) is 0.889. The third-order valence-corrected chi connectivity index (χ3v) is 1.59. The van der Waals surface area contributed by atoms with Crippen LogP contribution in [0, 0.1) is 0 Å². The molecule has 0 fully saturated rings. The third kappa shape index (κ3) is 7.54. The Hall–Kier alpha value is -0.570. The number of aliphatic hydroxyl groups excluding tert-OH is 1. The number of hydrogen-bond donors (Lipinski definition) is 1. The van der Waals surface area contributed by atoms with E-state index >= 15 is 0 Å². The molecular weight excluding hydrogens is 156 g/mol. The highest BCUT2D eigenvalue weighted by Crippen LogP contribution is 2.02. The van der Waals surface area contributed by atoms with Crippen molar-refractivity contribution < 1.29 is 14.6 Å². The minimum Gasteiger partial charge on any atom is -0.463 e. The molecule has 0 aromatic rings. The minimum absolute atomic E-state index is 0.0826. The molecule has 0 aromatic carbocycles. The van der Waals surface area contributed by atoms with Gasteiger partial charge in [-0.25, -0.2) is 0 Å². The molecule has 0 spiro atoms. The Morgan fingerprint density at radius 2 is 2.08 bits per heavy atom. The van der Waals surface area contributed by atoms with Crippen LogP contribution >= 0.6 is 0 Å². The molecule has 0 saturated carbocycles. The predicted octanol–water partition coefficient (Wildman–Crippen LogP) is 1.49. The van der Waals surface area contributed by atoms with Crippen molar-refractivity contribution in [2.45, 2.75) is 39.0 Å². The number of hydrogen-bond acceptors (Lipinski definition) is 3. The molecule has 0 radical (unpaired) electrons. The number of unbranched alkanes of at least 4 members (excludes halogenated alkanes) is 3. The Morgan fingerprint density at radius 3 is 2.67 bits per heavy atom. The monoisotopic (exact) mass is 174 g/mol. The Labute approximate surface area is 73.7 Å². The Bertz CT molecular complexity index is 112. The third-order valence-electron chi connectivity index (χ3n) is 1.59. The summed E-state index contributed by atoms with van der Waals surface area (Å²) in [6.45, 7) is 2.18. The van der Waals surface area contributed by atoms with Crippen molar-refractivity contribution in [2.24, 2.45) is 0 Å². The number of ether oxygens (including phenoxy) is 1. The summed E-state index contributed by atoms with van der Waals surface area (Å²) >= 11 is 0. The largest absolute Gasteiger partial charge is 0.463 e. The van der Waals surface area contributed by atoms with Crippen LogP contribution in [0.3, 0.4) is 0 Å². The number of esters is 1. The standard InChI is InChI=1S/C9H18O3/c1-2-3-4-5-6-9(11)12-8-7-10/h10H,2-8H2,1H3. The van der Waals surface area contributed by atoms with E-state index in [1.165, 1.54) is 12.8 Å². The second kappa shape index (κ2) is 8.53. The van der Waals surface area contributed by atoms with Crippen molar-refractivity contribution in [3.63, 3.8) is 0 Å². The lowest BCUT2D eigenvalue weighted by Crippen LogP contribution is -2.07. The summed E-state index contributed by atoms with van der Waals surface area (Å²) in [7, 11) is 0. The van der Waals surface area contributed by atoms with Gasteiger partial charge >= 0.3 is 5.97 Å². The highest BCUT2D eigenvalue weighted by Gasteiger charge is 2.00. The van der Waals surface area contributed by atoms with Gasteiger partial charge in [0.2, 0.25) is 0 Å². The highest BCUT2D eigenvalue weighted by atomic mass is 16.5. The van der Waals surface area contributed by atoms with Crippen molar-refractivity contribution in [1.82, 2.24) is 0 Å². The summed E-state index contributed by atoms with van der Waals surface area (Å²) in [4.78, 5) is 10.8. The molecule has 12 heavy (non-hydrogen) atoms. The average Bonchev–Trinajstić information content (AvgIpc) is 2.09. The van der Waals surface area contributed by atoms with E-state index in [1.54, 1.807) is 0 Å². The first-order chi connectivity index (χ1) is 5.81. The molecule has 3 heteroatoms. The molecule has 0 aliphatic heterocycles. The van der Waals surface area contributed by atoms with Crippen molar-refractivity contribution >= 4 is 5.97 Å². The van der Waals surface area contributed by atoms with Crippen molar-refractivity contribution in [3.8, 4) is 0 Å². The molecule has 0 rings (SSSR count). The quantitative estimate of drug-likeness (QED) is 0.470.